The van der Waals surface area contributed by atoms with E-state index in [2.05, 4.69) is 28.2 Å². The SMILES string of the molecule is C[C@@H]1CCCC[C@H]1NC(=O)[C@H](c1ccc(Cl)cc1)N(C(=O)CCl)c1ccc(Br)cc1F. The van der Waals surface area contributed by atoms with Crippen LogP contribution in [0.3, 0.4) is 0 Å². The zero-order valence-electron chi connectivity index (χ0n) is 17.1. The van der Waals surface area contributed by atoms with E-state index < -0.39 is 23.6 Å². The van der Waals surface area contributed by atoms with Crippen LogP contribution in [0.5, 0.6) is 0 Å². The summed E-state index contributed by atoms with van der Waals surface area (Å²) >= 11 is 15.1. The van der Waals surface area contributed by atoms with E-state index in [9.17, 15) is 14.0 Å². The minimum atomic E-state index is -1.09. The molecule has 1 fully saturated rings. The Balaban J connectivity index is 2.06. The van der Waals surface area contributed by atoms with Crippen molar-refractivity contribution in [1.29, 1.82) is 0 Å². The van der Waals surface area contributed by atoms with Crippen molar-refractivity contribution in [2.45, 2.75) is 44.7 Å². The molecule has 4 nitrogen and oxygen atoms in total. The predicted molar refractivity (Wildman–Crippen MR) is 126 cm³/mol. The number of hydrogen-bond acceptors (Lipinski definition) is 2. The van der Waals surface area contributed by atoms with Gasteiger partial charge in [-0.05, 0) is 54.7 Å². The van der Waals surface area contributed by atoms with Crippen LogP contribution in [0.4, 0.5) is 10.1 Å². The third-order valence-corrected chi connectivity index (χ3v) is 6.66. The minimum Gasteiger partial charge on any atom is -0.351 e. The van der Waals surface area contributed by atoms with Crippen LogP contribution in [0, 0.1) is 11.7 Å². The third-order valence-electron chi connectivity index (χ3n) is 5.68. The number of anilines is 1. The summed E-state index contributed by atoms with van der Waals surface area (Å²) in [5, 5.41) is 3.60. The molecule has 166 valence electrons. The zero-order valence-corrected chi connectivity index (χ0v) is 20.2. The largest absolute Gasteiger partial charge is 0.351 e. The first-order chi connectivity index (χ1) is 14.8. The monoisotopic (exact) mass is 528 g/mol. The summed E-state index contributed by atoms with van der Waals surface area (Å²) in [5.41, 5.74) is 0.506. The van der Waals surface area contributed by atoms with Crippen LogP contribution in [0.15, 0.2) is 46.9 Å². The van der Waals surface area contributed by atoms with E-state index in [0.717, 1.165) is 30.6 Å². The highest BCUT2D eigenvalue weighted by Gasteiger charge is 2.36. The van der Waals surface area contributed by atoms with E-state index in [0.29, 0.717) is 21.0 Å². The van der Waals surface area contributed by atoms with E-state index in [-0.39, 0.29) is 17.6 Å². The molecule has 3 atom stereocenters. The molecule has 3 rings (SSSR count). The topological polar surface area (TPSA) is 49.4 Å². The van der Waals surface area contributed by atoms with Crippen LogP contribution in [-0.2, 0) is 9.59 Å². The maximum Gasteiger partial charge on any atom is 0.248 e. The van der Waals surface area contributed by atoms with E-state index in [1.165, 1.54) is 12.1 Å². The standard InChI is InChI=1S/C23H24BrCl2FN2O2/c1-14-4-2-3-5-19(14)28-23(31)22(15-6-9-17(26)10-7-15)29(21(30)13-25)20-11-8-16(24)12-18(20)27/h6-12,14,19,22H,2-5,13H2,1H3,(H,28,31)/t14-,19-,22+/m1/s1. The number of benzene rings is 2. The number of carbonyl (C=O) groups is 2. The molecule has 1 saturated carbocycles. The van der Waals surface area contributed by atoms with E-state index in [1.54, 1.807) is 30.3 Å². The molecular formula is C23H24BrCl2FN2O2. The van der Waals surface area contributed by atoms with E-state index >= 15 is 0 Å². The number of nitrogens with one attached hydrogen (secondary N) is 1. The molecule has 31 heavy (non-hydrogen) atoms. The van der Waals surface area contributed by atoms with Crippen LogP contribution in [0.2, 0.25) is 5.02 Å². The molecule has 2 aromatic rings. The number of halogens is 4. The molecule has 0 aromatic heterocycles. The predicted octanol–water partition coefficient (Wildman–Crippen LogP) is 6.25. The normalized spacial score (nSPS) is 19.5. The third kappa shape index (κ3) is 5.79. The molecule has 2 amide bonds. The van der Waals surface area contributed by atoms with Crippen LogP contribution in [0.25, 0.3) is 0 Å². The molecule has 8 heteroatoms. The van der Waals surface area contributed by atoms with Gasteiger partial charge in [-0.2, -0.15) is 0 Å². The van der Waals surface area contributed by atoms with Crippen LogP contribution < -0.4 is 10.2 Å². The molecule has 0 saturated heterocycles. The second kappa shape index (κ2) is 10.8. The Bertz CT molecular complexity index is 942. The van der Waals surface area contributed by atoms with Crippen molar-refractivity contribution in [2.75, 3.05) is 10.8 Å². The summed E-state index contributed by atoms with van der Waals surface area (Å²) in [6.45, 7) is 2.11. The van der Waals surface area contributed by atoms with Crippen LogP contribution in [0.1, 0.15) is 44.2 Å². The average molecular weight is 530 g/mol. The van der Waals surface area contributed by atoms with Crippen molar-refractivity contribution in [3.63, 3.8) is 0 Å². The maximum absolute atomic E-state index is 14.9. The highest BCUT2D eigenvalue weighted by Crippen LogP contribution is 2.33. The fourth-order valence-electron chi connectivity index (χ4n) is 4.01. The first kappa shape index (κ1) is 24.0. The van der Waals surface area contributed by atoms with Gasteiger partial charge in [-0.1, -0.05) is 59.4 Å². The summed E-state index contributed by atoms with van der Waals surface area (Å²) in [6.07, 6.45) is 4.07. The summed E-state index contributed by atoms with van der Waals surface area (Å²) < 4.78 is 15.4. The van der Waals surface area contributed by atoms with Crippen molar-refractivity contribution >= 4 is 56.6 Å². The molecule has 0 spiro atoms. The Morgan fingerprint density at radius 2 is 1.87 bits per heavy atom. The van der Waals surface area contributed by atoms with Crippen molar-refractivity contribution in [2.24, 2.45) is 5.92 Å². The molecule has 0 unspecified atom stereocenters. The number of carbonyl (C=O) groups excluding carboxylic acids is 2. The summed E-state index contributed by atoms with van der Waals surface area (Å²) in [7, 11) is 0. The van der Waals surface area contributed by atoms with Crippen LogP contribution >= 0.6 is 39.1 Å². The lowest BCUT2D eigenvalue weighted by Crippen LogP contribution is -2.49. The zero-order chi connectivity index (χ0) is 22.5. The van der Waals surface area contributed by atoms with Gasteiger partial charge in [0.1, 0.15) is 17.7 Å². The number of hydrogen-bond donors (Lipinski definition) is 1. The summed E-state index contributed by atoms with van der Waals surface area (Å²) in [4.78, 5) is 27.6. The fourth-order valence-corrected chi connectivity index (χ4v) is 4.60. The summed E-state index contributed by atoms with van der Waals surface area (Å²) in [5.74, 6) is -1.65. The maximum atomic E-state index is 14.9. The fraction of sp³-hybridized carbons (Fsp3) is 0.391. The second-order valence-electron chi connectivity index (χ2n) is 7.82. The van der Waals surface area contributed by atoms with Crippen molar-refractivity contribution in [3.8, 4) is 0 Å². The molecular weight excluding hydrogens is 506 g/mol. The van der Waals surface area contributed by atoms with Gasteiger partial charge in [0.25, 0.3) is 0 Å². The Morgan fingerprint density at radius 3 is 2.48 bits per heavy atom. The Labute approximate surface area is 200 Å². The molecule has 2 aromatic carbocycles. The second-order valence-corrected chi connectivity index (χ2v) is 9.44. The van der Waals surface area contributed by atoms with Gasteiger partial charge in [0.05, 0.1) is 5.69 Å². The van der Waals surface area contributed by atoms with Gasteiger partial charge >= 0.3 is 0 Å². The van der Waals surface area contributed by atoms with Crippen LogP contribution in [-0.4, -0.2) is 23.7 Å². The van der Waals surface area contributed by atoms with Gasteiger partial charge in [-0.3, -0.25) is 14.5 Å². The van der Waals surface area contributed by atoms with Gasteiger partial charge in [0.15, 0.2) is 0 Å². The van der Waals surface area contributed by atoms with Gasteiger partial charge < -0.3 is 5.32 Å². The summed E-state index contributed by atoms with van der Waals surface area (Å²) in [6, 6.07) is 9.86. The van der Waals surface area contributed by atoms with E-state index in [4.69, 9.17) is 23.2 Å². The lowest BCUT2D eigenvalue weighted by atomic mass is 9.85. The molecule has 1 aliphatic rings. The number of amides is 2. The average Bonchev–Trinajstić information content (AvgIpc) is 2.74. The molecule has 0 aliphatic heterocycles. The minimum absolute atomic E-state index is 0.00114. The molecule has 0 bridgehead atoms. The van der Waals surface area contributed by atoms with Crippen molar-refractivity contribution in [1.82, 2.24) is 5.32 Å². The highest BCUT2D eigenvalue weighted by atomic mass is 79.9. The quantitative estimate of drug-likeness (QED) is 0.449. The van der Waals surface area contributed by atoms with Gasteiger partial charge in [-0.25, -0.2) is 4.39 Å². The first-order valence-corrected chi connectivity index (χ1v) is 11.9. The Kier molecular flexibility index (Phi) is 8.36. The molecule has 1 aliphatic carbocycles. The molecule has 0 radical (unpaired) electrons. The Hall–Kier alpha value is -1.63. The number of rotatable bonds is 6. The lowest BCUT2D eigenvalue weighted by Gasteiger charge is -2.35. The first-order valence-electron chi connectivity index (χ1n) is 10.2. The van der Waals surface area contributed by atoms with Crippen molar-refractivity contribution in [3.05, 3.63) is 63.3 Å². The smallest absolute Gasteiger partial charge is 0.248 e. The lowest BCUT2D eigenvalue weighted by molar-refractivity contribution is -0.126. The Morgan fingerprint density at radius 1 is 1.19 bits per heavy atom. The number of alkyl halides is 1. The molecule has 0 heterocycles. The van der Waals surface area contributed by atoms with Crippen molar-refractivity contribution < 1.29 is 14.0 Å². The van der Waals surface area contributed by atoms with Gasteiger partial charge in [0, 0.05) is 15.5 Å². The highest BCUT2D eigenvalue weighted by molar-refractivity contribution is 9.10. The van der Waals surface area contributed by atoms with E-state index in [1.807, 2.05) is 0 Å². The van der Waals surface area contributed by atoms with Gasteiger partial charge in [-0.15, -0.1) is 11.6 Å². The number of nitrogens with zero attached hydrogens (tertiary/aromatic N) is 1. The molecule has 1 N–H and O–H groups in total. The van der Waals surface area contributed by atoms with Gasteiger partial charge in [0.2, 0.25) is 11.8 Å².